The molecule has 1 heterocycles. The standard InChI is InChI=1S/C16H20N4O/c1-16(2,3)18-14-10-9-13(19-20-14)17-15(21)11-12-7-5-4-6-8-12/h4-10H,11H2,1-3H3,(H,18,20)(H,17,19,21). The van der Waals surface area contributed by atoms with E-state index in [0.717, 1.165) is 5.56 Å². The average Bonchev–Trinajstić information content (AvgIpc) is 2.40. The lowest BCUT2D eigenvalue weighted by molar-refractivity contribution is -0.115. The monoisotopic (exact) mass is 284 g/mol. The van der Waals surface area contributed by atoms with Gasteiger partial charge in [-0.2, -0.15) is 0 Å². The van der Waals surface area contributed by atoms with Crippen molar-refractivity contribution in [2.75, 3.05) is 10.6 Å². The number of aromatic nitrogens is 2. The summed E-state index contributed by atoms with van der Waals surface area (Å²) in [7, 11) is 0. The van der Waals surface area contributed by atoms with E-state index < -0.39 is 0 Å². The third kappa shape index (κ3) is 5.22. The first-order valence-electron chi connectivity index (χ1n) is 6.88. The molecule has 0 aliphatic carbocycles. The van der Waals surface area contributed by atoms with Crippen molar-refractivity contribution in [3.05, 3.63) is 48.0 Å². The molecular formula is C16H20N4O. The van der Waals surface area contributed by atoms with Gasteiger partial charge in [-0.3, -0.25) is 4.79 Å². The van der Waals surface area contributed by atoms with E-state index in [0.29, 0.717) is 18.1 Å². The zero-order chi connectivity index (χ0) is 15.3. The molecule has 21 heavy (non-hydrogen) atoms. The lowest BCUT2D eigenvalue weighted by atomic mass is 10.1. The summed E-state index contributed by atoms with van der Waals surface area (Å²) in [5, 5.41) is 14.0. The van der Waals surface area contributed by atoms with Gasteiger partial charge in [0, 0.05) is 5.54 Å². The molecule has 2 rings (SSSR count). The molecule has 5 nitrogen and oxygen atoms in total. The molecule has 0 unspecified atom stereocenters. The van der Waals surface area contributed by atoms with Crippen molar-refractivity contribution in [1.82, 2.24) is 10.2 Å². The summed E-state index contributed by atoms with van der Waals surface area (Å²) in [6, 6.07) is 13.1. The normalized spacial score (nSPS) is 11.0. The Bertz CT molecular complexity index is 588. The number of anilines is 2. The van der Waals surface area contributed by atoms with Gasteiger partial charge in [0.1, 0.15) is 5.82 Å². The Hall–Kier alpha value is -2.43. The lowest BCUT2D eigenvalue weighted by Crippen LogP contribution is -2.27. The molecule has 0 spiro atoms. The maximum Gasteiger partial charge on any atom is 0.229 e. The SMILES string of the molecule is CC(C)(C)Nc1ccc(NC(=O)Cc2ccccc2)nn1. The number of hydrogen-bond acceptors (Lipinski definition) is 4. The van der Waals surface area contributed by atoms with Gasteiger partial charge in [0.2, 0.25) is 5.91 Å². The van der Waals surface area contributed by atoms with Gasteiger partial charge in [0.05, 0.1) is 6.42 Å². The van der Waals surface area contributed by atoms with Crippen LogP contribution < -0.4 is 10.6 Å². The Morgan fingerprint density at radius 1 is 1.00 bits per heavy atom. The summed E-state index contributed by atoms with van der Waals surface area (Å²) in [4.78, 5) is 11.9. The number of benzene rings is 1. The fraction of sp³-hybridized carbons (Fsp3) is 0.312. The summed E-state index contributed by atoms with van der Waals surface area (Å²) in [6.45, 7) is 6.14. The Morgan fingerprint density at radius 2 is 1.62 bits per heavy atom. The summed E-state index contributed by atoms with van der Waals surface area (Å²) < 4.78 is 0. The number of carbonyl (C=O) groups is 1. The highest BCUT2D eigenvalue weighted by Gasteiger charge is 2.11. The molecule has 0 radical (unpaired) electrons. The van der Waals surface area contributed by atoms with Gasteiger partial charge in [-0.25, -0.2) is 0 Å². The largest absolute Gasteiger partial charge is 0.364 e. The molecule has 0 aliphatic rings. The average molecular weight is 284 g/mol. The molecule has 1 aromatic carbocycles. The Balaban J connectivity index is 1.92. The Kier molecular flexibility index (Phi) is 4.52. The van der Waals surface area contributed by atoms with Crippen LogP contribution in [-0.4, -0.2) is 21.6 Å². The summed E-state index contributed by atoms with van der Waals surface area (Å²) >= 11 is 0. The first-order valence-corrected chi connectivity index (χ1v) is 6.88. The fourth-order valence-corrected chi connectivity index (χ4v) is 1.82. The third-order valence-electron chi connectivity index (χ3n) is 2.64. The van der Waals surface area contributed by atoms with Crippen molar-refractivity contribution in [1.29, 1.82) is 0 Å². The van der Waals surface area contributed by atoms with E-state index in [4.69, 9.17) is 0 Å². The Labute approximate surface area is 124 Å². The lowest BCUT2D eigenvalue weighted by Gasteiger charge is -2.20. The molecule has 0 saturated carbocycles. The molecule has 2 N–H and O–H groups in total. The van der Waals surface area contributed by atoms with Crippen LogP contribution in [0, 0.1) is 0 Å². The van der Waals surface area contributed by atoms with Gasteiger partial charge in [-0.1, -0.05) is 30.3 Å². The quantitative estimate of drug-likeness (QED) is 0.906. The fourth-order valence-electron chi connectivity index (χ4n) is 1.82. The van der Waals surface area contributed by atoms with Gasteiger partial charge in [-0.15, -0.1) is 10.2 Å². The predicted octanol–water partition coefficient (Wildman–Crippen LogP) is 2.87. The predicted molar refractivity (Wildman–Crippen MR) is 84.2 cm³/mol. The molecule has 0 saturated heterocycles. The second kappa shape index (κ2) is 6.35. The number of amides is 1. The van der Waals surface area contributed by atoms with E-state index in [-0.39, 0.29) is 11.4 Å². The van der Waals surface area contributed by atoms with Crippen LogP contribution in [0.5, 0.6) is 0 Å². The van der Waals surface area contributed by atoms with Crippen molar-refractivity contribution in [3.63, 3.8) is 0 Å². The van der Waals surface area contributed by atoms with Crippen LogP contribution in [0.3, 0.4) is 0 Å². The summed E-state index contributed by atoms with van der Waals surface area (Å²) in [5.74, 6) is 1.03. The highest BCUT2D eigenvalue weighted by molar-refractivity contribution is 5.91. The topological polar surface area (TPSA) is 66.9 Å². The van der Waals surface area contributed by atoms with Gasteiger partial charge < -0.3 is 10.6 Å². The van der Waals surface area contributed by atoms with Gasteiger partial charge in [-0.05, 0) is 38.5 Å². The van der Waals surface area contributed by atoms with Crippen LogP contribution in [0.15, 0.2) is 42.5 Å². The number of nitrogens with one attached hydrogen (secondary N) is 2. The number of nitrogens with zero attached hydrogens (tertiary/aromatic N) is 2. The molecule has 0 aliphatic heterocycles. The Morgan fingerprint density at radius 3 is 2.19 bits per heavy atom. The van der Waals surface area contributed by atoms with Gasteiger partial charge in [0.25, 0.3) is 0 Å². The molecular weight excluding hydrogens is 264 g/mol. The molecule has 2 aromatic rings. The second-order valence-electron chi connectivity index (χ2n) is 5.89. The van der Waals surface area contributed by atoms with Crippen molar-refractivity contribution >= 4 is 17.5 Å². The summed E-state index contributed by atoms with van der Waals surface area (Å²) in [6.07, 6.45) is 0.324. The second-order valence-corrected chi connectivity index (χ2v) is 5.89. The first kappa shape index (κ1) is 15.0. The van der Waals surface area contributed by atoms with E-state index in [1.165, 1.54) is 0 Å². The van der Waals surface area contributed by atoms with Crippen LogP contribution in [-0.2, 0) is 11.2 Å². The van der Waals surface area contributed by atoms with Crippen LogP contribution in [0.1, 0.15) is 26.3 Å². The molecule has 0 bridgehead atoms. The number of rotatable bonds is 4. The van der Waals surface area contributed by atoms with Gasteiger partial charge in [0.15, 0.2) is 5.82 Å². The third-order valence-corrected chi connectivity index (χ3v) is 2.64. The highest BCUT2D eigenvalue weighted by Crippen LogP contribution is 2.12. The number of carbonyl (C=O) groups excluding carboxylic acids is 1. The summed E-state index contributed by atoms with van der Waals surface area (Å²) in [5.41, 5.74) is 0.890. The van der Waals surface area contributed by atoms with Gasteiger partial charge >= 0.3 is 0 Å². The van der Waals surface area contributed by atoms with Crippen molar-refractivity contribution in [2.24, 2.45) is 0 Å². The van der Waals surface area contributed by atoms with Crippen LogP contribution in [0.25, 0.3) is 0 Å². The molecule has 1 aromatic heterocycles. The molecule has 0 fully saturated rings. The van der Waals surface area contributed by atoms with Crippen LogP contribution >= 0.6 is 0 Å². The van der Waals surface area contributed by atoms with E-state index >= 15 is 0 Å². The van der Waals surface area contributed by atoms with Crippen LogP contribution in [0.4, 0.5) is 11.6 Å². The van der Waals surface area contributed by atoms with Crippen molar-refractivity contribution in [2.45, 2.75) is 32.7 Å². The minimum Gasteiger partial charge on any atom is -0.364 e. The zero-order valence-electron chi connectivity index (χ0n) is 12.6. The number of hydrogen-bond donors (Lipinski definition) is 2. The zero-order valence-corrected chi connectivity index (χ0v) is 12.6. The van der Waals surface area contributed by atoms with Crippen LogP contribution in [0.2, 0.25) is 0 Å². The highest BCUT2D eigenvalue weighted by atomic mass is 16.1. The molecule has 5 heteroatoms. The first-order chi connectivity index (χ1) is 9.92. The van der Waals surface area contributed by atoms with E-state index in [2.05, 4.69) is 20.8 Å². The van der Waals surface area contributed by atoms with Crippen molar-refractivity contribution < 1.29 is 4.79 Å². The molecule has 110 valence electrons. The maximum absolute atomic E-state index is 11.9. The minimum absolute atomic E-state index is 0.0766. The van der Waals surface area contributed by atoms with E-state index in [1.807, 2.05) is 51.1 Å². The van der Waals surface area contributed by atoms with E-state index in [9.17, 15) is 4.79 Å². The maximum atomic E-state index is 11.9. The van der Waals surface area contributed by atoms with Crippen molar-refractivity contribution in [3.8, 4) is 0 Å². The molecule has 1 amide bonds. The van der Waals surface area contributed by atoms with E-state index in [1.54, 1.807) is 12.1 Å². The minimum atomic E-state index is -0.105. The molecule has 0 atom stereocenters. The smallest absolute Gasteiger partial charge is 0.229 e.